The summed E-state index contributed by atoms with van der Waals surface area (Å²) in [6, 6.07) is 7.45. The maximum Gasteiger partial charge on any atom is 0.253 e. The molecule has 4 nitrogen and oxygen atoms in total. The maximum absolute atomic E-state index is 12.4. The van der Waals surface area contributed by atoms with Crippen molar-refractivity contribution in [2.45, 2.75) is 13.3 Å². The molecule has 1 fully saturated rings. The summed E-state index contributed by atoms with van der Waals surface area (Å²) in [5.74, 6) is 1.45. The molecule has 0 aromatic heterocycles. The highest BCUT2D eigenvalue weighted by Gasteiger charge is 2.26. The van der Waals surface area contributed by atoms with Gasteiger partial charge in [0.25, 0.3) is 5.91 Å². The molecule has 1 N–H and O–H groups in total. The van der Waals surface area contributed by atoms with E-state index in [1.54, 1.807) is 0 Å². The van der Waals surface area contributed by atoms with Gasteiger partial charge in [0.2, 0.25) is 0 Å². The Labute approximate surface area is 114 Å². The lowest BCUT2D eigenvalue weighted by atomic mass is 10.1. The van der Waals surface area contributed by atoms with Crippen LogP contribution in [0.5, 0.6) is 5.75 Å². The second-order valence-corrected chi connectivity index (χ2v) is 4.92. The van der Waals surface area contributed by atoms with Crippen LogP contribution in [0.15, 0.2) is 24.3 Å². The fraction of sp³-hybridized carbons (Fsp3) is 0.533. The summed E-state index contributed by atoms with van der Waals surface area (Å²) in [5.41, 5.74) is 0.719. The molecule has 1 atom stereocenters. The molecule has 1 aromatic carbocycles. The van der Waals surface area contributed by atoms with Crippen LogP contribution in [0, 0.1) is 5.92 Å². The van der Waals surface area contributed by atoms with E-state index < -0.39 is 0 Å². The predicted octanol–water partition coefficient (Wildman–Crippen LogP) is 1.77. The Balaban J connectivity index is 2.01. The number of likely N-dealkylation sites (tertiary alicyclic amines) is 1. The molecule has 0 radical (unpaired) electrons. The van der Waals surface area contributed by atoms with E-state index in [1.807, 2.05) is 43.1 Å². The predicted molar refractivity (Wildman–Crippen MR) is 75.5 cm³/mol. The Kier molecular flexibility index (Phi) is 4.80. The minimum atomic E-state index is 0.111. The molecule has 1 saturated heterocycles. The van der Waals surface area contributed by atoms with Crippen molar-refractivity contribution in [2.24, 2.45) is 5.92 Å². The van der Waals surface area contributed by atoms with Gasteiger partial charge in [0.05, 0.1) is 6.61 Å². The van der Waals surface area contributed by atoms with Crippen molar-refractivity contribution in [3.05, 3.63) is 29.8 Å². The molecule has 2 rings (SSSR count). The molecule has 4 heteroatoms. The van der Waals surface area contributed by atoms with Crippen molar-refractivity contribution in [1.82, 2.24) is 10.2 Å². The molecule has 0 unspecified atom stereocenters. The lowest BCUT2D eigenvalue weighted by Crippen LogP contribution is -2.30. The van der Waals surface area contributed by atoms with Gasteiger partial charge in [-0.05, 0) is 51.1 Å². The minimum Gasteiger partial charge on any atom is -0.494 e. The molecule has 0 saturated carbocycles. The second kappa shape index (κ2) is 6.57. The highest BCUT2D eigenvalue weighted by molar-refractivity contribution is 5.94. The standard InChI is InChI=1S/C15H22N2O2/c1-3-19-14-6-4-5-13(9-14)15(18)17-8-7-12(11-17)10-16-2/h4-6,9,12,16H,3,7-8,10-11H2,1-2H3/t12-/m1/s1. The van der Waals surface area contributed by atoms with E-state index in [0.29, 0.717) is 12.5 Å². The lowest BCUT2D eigenvalue weighted by Gasteiger charge is -2.17. The van der Waals surface area contributed by atoms with Crippen LogP contribution < -0.4 is 10.1 Å². The zero-order valence-electron chi connectivity index (χ0n) is 11.7. The van der Waals surface area contributed by atoms with Crippen molar-refractivity contribution in [3.63, 3.8) is 0 Å². The van der Waals surface area contributed by atoms with E-state index in [4.69, 9.17) is 4.74 Å². The molecule has 0 spiro atoms. The van der Waals surface area contributed by atoms with Crippen LogP contribution in [0.3, 0.4) is 0 Å². The Bertz CT molecular complexity index is 434. The first kappa shape index (κ1) is 13.9. The van der Waals surface area contributed by atoms with Crippen LogP contribution in [0.25, 0.3) is 0 Å². The number of hydrogen-bond donors (Lipinski definition) is 1. The topological polar surface area (TPSA) is 41.6 Å². The minimum absolute atomic E-state index is 0.111. The summed E-state index contributed by atoms with van der Waals surface area (Å²) in [7, 11) is 1.95. The zero-order valence-corrected chi connectivity index (χ0v) is 11.7. The van der Waals surface area contributed by atoms with Gasteiger partial charge in [-0.3, -0.25) is 4.79 Å². The first-order valence-electron chi connectivity index (χ1n) is 6.91. The van der Waals surface area contributed by atoms with E-state index in [0.717, 1.165) is 37.4 Å². The smallest absolute Gasteiger partial charge is 0.253 e. The monoisotopic (exact) mass is 262 g/mol. The fourth-order valence-corrected chi connectivity index (χ4v) is 2.54. The highest BCUT2D eigenvalue weighted by Crippen LogP contribution is 2.20. The SMILES string of the molecule is CCOc1cccc(C(=O)N2CC[C@H](CNC)C2)c1. The quantitative estimate of drug-likeness (QED) is 0.879. The van der Waals surface area contributed by atoms with Gasteiger partial charge in [-0.2, -0.15) is 0 Å². The summed E-state index contributed by atoms with van der Waals surface area (Å²) in [4.78, 5) is 14.3. The number of benzene rings is 1. The zero-order chi connectivity index (χ0) is 13.7. The number of ether oxygens (including phenoxy) is 1. The molecule has 104 valence electrons. The Morgan fingerprint density at radius 3 is 3.11 bits per heavy atom. The van der Waals surface area contributed by atoms with Gasteiger partial charge in [-0.1, -0.05) is 6.07 Å². The Morgan fingerprint density at radius 1 is 1.53 bits per heavy atom. The average molecular weight is 262 g/mol. The first-order valence-corrected chi connectivity index (χ1v) is 6.91. The van der Waals surface area contributed by atoms with E-state index in [2.05, 4.69) is 5.32 Å². The number of nitrogens with one attached hydrogen (secondary N) is 1. The summed E-state index contributed by atoms with van der Waals surface area (Å²) in [6.07, 6.45) is 1.08. The summed E-state index contributed by atoms with van der Waals surface area (Å²) in [5, 5.41) is 3.18. The number of nitrogens with zero attached hydrogens (tertiary/aromatic N) is 1. The molecule has 19 heavy (non-hydrogen) atoms. The van der Waals surface area contributed by atoms with Crippen LogP contribution in [-0.4, -0.2) is 44.1 Å². The van der Waals surface area contributed by atoms with Crippen molar-refractivity contribution in [1.29, 1.82) is 0 Å². The second-order valence-electron chi connectivity index (χ2n) is 4.92. The highest BCUT2D eigenvalue weighted by atomic mass is 16.5. The van der Waals surface area contributed by atoms with Crippen LogP contribution in [-0.2, 0) is 0 Å². The molecule has 1 aromatic rings. The maximum atomic E-state index is 12.4. The third-order valence-corrected chi connectivity index (χ3v) is 3.46. The van der Waals surface area contributed by atoms with Crippen LogP contribution in [0.4, 0.5) is 0 Å². The fourth-order valence-electron chi connectivity index (χ4n) is 2.54. The Hall–Kier alpha value is -1.55. The molecular weight excluding hydrogens is 240 g/mol. The van der Waals surface area contributed by atoms with Gasteiger partial charge < -0.3 is 15.0 Å². The van der Waals surface area contributed by atoms with Gasteiger partial charge in [0, 0.05) is 18.7 Å². The molecular formula is C15H22N2O2. The molecule has 0 aliphatic carbocycles. The first-order chi connectivity index (χ1) is 9.24. The summed E-state index contributed by atoms with van der Waals surface area (Å²) >= 11 is 0. The van der Waals surface area contributed by atoms with Crippen molar-refractivity contribution in [3.8, 4) is 5.75 Å². The van der Waals surface area contributed by atoms with Gasteiger partial charge in [-0.25, -0.2) is 0 Å². The van der Waals surface area contributed by atoms with Crippen LogP contribution >= 0.6 is 0 Å². The van der Waals surface area contributed by atoms with Crippen LogP contribution in [0.1, 0.15) is 23.7 Å². The van der Waals surface area contributed by atoms with Crippen LogP contribution in [0.2, 0.25) is 0 Å². The molecule has 1 aliphatic rings. The molecule has 1 amide bonds. The lowest BCUT2D eigenvalue weighted by molar-refractivity contribution is 0.0786. The molecule has 1 heterocycles. The van der Waals surface area contributed by atoms with Crippen molar-refractivity contribution < 1.29 is 9.53 Å². The van der Waals surface area contributed by atoms with E-state index in [-0.39, 0.29) is 5.91 Å². The average Bonchev–Trinajstić information content (AvgIpc) is 2.88. The number of rotatable bonds is 5. The largest absolute Gasteiger partial charge is 0.494 e. The Morgan fingerprint density at radius 2 is 2.37 bits per heavy atom. The number of carbonyl (C=O) groups excluding carboxylic acids is 1. The van der Waals surface area contributed by atoms with Gasteiger partial charge in [0.1, 0.15) is 5.75 Å². The molecule has 0 bridgehead atoms. The van der Waals surface area contributed by atoms with E-state index in [1.165, 1.54) is 0 Å². The third kappa shape index (κ3) is 3.47. The van der Waals surface area contributed by atoms with Gasteiger partial charge >= 0.3 is 0 Å². The number of amides is 1. The van der Waals surface area contributed by atoms with E-state index >= 15 is 0 Å². The van der Waals surface area contributed by atoms with Gasteiger partial charge in [-0.15, -0.1) is 0 Å². The van der Waals surface area contributed by atoms with Gasteiger partial charge in [0.15, 0.2) is 0 Å². The third-order valence-electron chi connectivity index (χ3n) is 3.46. The number of hydrogen-bond acceptors (Lipinski definition) is 3. The van der Waals surface area contributed by atoms with E-state index in [9.17, 15) is 4.79 Å². The summed E-state index contributed by atoms with van der Waals surface area (Å²) in [6.45, 7) is 5.23. The molecule has 1 aliphatic heterocycles. The van der Waals surface area contributed by atoms with Crippen molar-refractivity contribution >= 4 is 5.91 Å². The summed E-state index contributed by atoms with van der Waals surface area (Å²) < 4.78 is 5.44. The normalized spacial score (nSPS) is 18.6. The van der Waals surface area contributed by atoms with Crippen molar-refractivity contribution in [2.75, 3.05) is 33.3 Å². The number of carbonyl (C=O) groups is 1.